The summed E-state index contributed by atoms with van der Waals surface area (Å²) in [5, 5.41) is 0. The maximum atomic E-state index is 14.0. The SMILES string of the molecule is CC1CN(C(=O)OC(C)(C)C)CCN1C(=O)c1cc(Br)cc(F)c1F. The second-order valence-electron chi connectivity index (χ2n) is 7.02. The predicted octanol–water partition coefficient (Wildman–Crippen LogP) is 3.81. The second-order valence-corrected chi connectivity index (χ2v) is 7.94. The molecule has 0 aromatic heterocycles. The molecule has 1 heterocycles. The van der Waals surface area contributed by atoms with E-state index < -0.39 is 29.2 Å². The zero-order chi connectivity index (χ0) is 18.9. The zero-order valence-electron chi connectivity index (χ0n) is 14.6. The van der Waals surface area contributed by atoms with Gasteiger partial charge in [0, 0.05) is 30.1 Å². The summed E-state index contributed by atoms with van der Waals surface area (Å²) in [5.41, 5.74) is -0.936. The molecule has 0 saturated carbocycles. The molecule has 2 amide bonds. The molecule has 1 fully saturated rings. The zero-order valence-corrected chi connectivity index (χ0v) is 16.2. The molecule has 1 aromatic rings. The molecule has 1 aliphatic heterocycles. The van der Waals surface area contributed by atoms with Crippen molar-refractivity contribution in [3.05, 3.63) is 33.8 Å². The Morgan fingerprint density at radius 2 is 1.88 bits per heavy atom. The molecule has 138 valence electrons. The lowest BCUT2D eigenvalue weighted by atomic mass is 10.1. The van der Waals surface area contributed by atoms with Gasteiger partial charge in [0.2, 0.25) is 0 Å². The Balaban J connectivity index is 2.11. The highest BCUT2D eigenvalue weighted by Gasteiger charge is 2.33. The fraction of sp³-hybridized carbons (Fsp3) is 0.529. The molecule has 0 spiro atoms. The van der Waals surface area contributed by atoms with E-state index in [-0.39, 0.29) is 35.7 Å². The van der Waals surface area contributed by atoms with Gasteiger partial charge in [-0.25, -0.2) is 13.6 Å². The Hall–Kier alpha value is -1.70. The minimum atomic E-state index is -1.17. The third-order valence-electron chi connectivity index (χ3n) is 3.76. The average Bonchev–Trinajstić information content (AvgIpc) is 2.48. The van der Waals surface area contributed by atoms with Crippen LogP contribution in [0.25, 0.3) is 0 Å². The summed E-state index contributed by atoms with van der Waals surface area (Å²) >= 11 is 3.06. The number of hydrogen-bond donors (Lipinski definition) is 0. The van der Waals surface area contributed by atoms with Gasteiger partial charge >= 0.3 is 6.09 Å². The van der Waals surface area contributed by atoms with E-state index in [1.54, 1.807) is 27.7 Å². The first-order valence-electron chi connectivity index (χ1n) is 7.93. The monoisotopic (exact) mass is 418 g/mol. The molecule has 1 aromatic carbocycles. The molecule has 2 rings (SSSR count). The molecule has 1 saturated heterocycles. The average molecular weight is 419 g/mol. The van der Waals surface area contributed by atoms with Gasteiger partial charge in [0.25, 0.3) is 5.91 Å². The van der Waals surface area contributed by atoms with Crippen molar-refractivity contribution < 1.29 is 23.1 Å². The predicted molar refractivity (Wildman–Crippen MR) is 92.4 cm³/mol. The van der Waals surface area contributed by atoms with Crippen molar-refractivity contribution in [2.45, 2.75) is 39.3 Å². The van der Waals surface area contributed by atoms with Gasteiger partial charge in [-0.1, -0.05) is 15.9 Å². The van der Waals surface area contributed by atoms with E-state index in [0.29, 0.717) is 0 Å². The summed E-state index contributed by atoms with van der Waals surface area (Å²) < 4.78 is 33.1. The van der Waals surface area contributed by atoms with Crippen molar-refractivity contribution in [3.8, 4) is 0 Å². The minimum absolute atomic E-state index is 0.215. The highest BCUT2D eigenvalue weighted by Crippen LogP contribution is 2.23. The molecule has 5 nitrogen and oxygen atoms in total. The number of halogens is 3. The fourth-order valence-corrected chi connectivity index (χ4v) is 3.05. The Morgan fingerprint density at radius 3 is 2.44 bits per heavy atom. The smallest absolute Gasteiger partial charge is 0.410 e. The van der Waals surface area contributed by atoms with Crippen molar-refractivity contribution in [1.82, 2.24) is 9.80 Å². The molecular formula is C17H21BrF2N2O3. The van der Waals surface area contributed by atoms with Crippen LogP contribution in [0.15, 0.2) is 16.6 Å². The van der Waals surface area contributed by atoms with Gasteiger partial charge in [0.15, 0.2) is 11.6 Å². The second kappa shape index (κ2) is 7.27. The first-order valence-corrected chi connectivity index (χ1v) is 8.72. The molecule has 8 heteroatoms. The Bertz CT molecular complexity index is 691. The number of amides is 2. The van der Waals surface area contributed by atoms with E-state index in [9.17, 15) is 18.4 Å². The third kappa shape index (κ3) is 4.68. The quantitative estimate of drug-likeness (QED) is 0.651. The van der Waals surface area contributed by atoms with Gasteiger partial charge in [-0.15, -0.1) is 0 Å². The van der Waals surface area contributed by atoms with Crippen LogP contribution in [0, 0.1) is 11.6 Å². The Labute approximate surface area is 154 Å². The van der Waals surface area contributed by atoms with Crippen molar-refractivity contribution in [2.24, 2.45) is 0 Å². The van der Waals surface area contributed by atoms with E-state index in [1.807, 2.05) is 0 Å². The lowest BCUT2D eigenvalue weighted by molar-refractivity contribution is 0.00606. The van der Waals surface area contributed by atoms with E-state index >= 15 is 0 Å². The third-order valence-corrected chi connectivity index (χ3v) is 4.22. The van der Waals surface area contributed by atoms with E-state index in [1.165, 1.54) is 15.9 Å². The number of piperazine rings is 1. The van der Waals surface area contributed by atoms with Crippen molar-refractivity contribution in [2.75, 3.05) is 19.6 Å². The normalized spacial score (nSPS) is 18.3. The summed E-state index contributed by atoms with van der Waals surface area (Å²) in [6, 6.07) is 1.87. The molecule has 0 bridgehead atoms. The van der Waals surface area contributed by atoms with E-state index in [4.69, 9.17) is 4.74 Å². The van der Waals surface area contributed by atoms with Crippen LogP contribution >= 0.6 is 15.9 Å². The molecular weight excluding hydrogens is 398 g/mol. The standard InChI is InChI=1S/C17H21BrF2N2O3/c1-10-9-21(16(24)25-17(2,3)4)5-6-22(10)15(23)12-7-11(18)8-13(19)14(12)20/h7-8,10H,5-6,9H2,1-4H3. The molecule has 1 unspecified atom stereocenters. The summed E-state index contributed by atoms with van der Waals surface area (Å²) in [6.07, 6.45) is -0.453. The Kier molecular flexibility index (Phi) is 5.71. The summed E-state index contributed by atoms with van der Waals surface area (Å²) in [7, 11) is 0. The van der Waals surface area contributed by atoms with Crippen LogP contribution in [0.1, 0.15) is 38.1 Å². The highest BCUT2D eigenvalue weighted by molar-refractivity contribution is 9.10. The number of carbonyl (C=O) groups excluding carboxylic acids is 2. The van der Waals surface area contributed by atoms with Crippen LogP contribution in [0.3, 0.4) is 0 Å². The van der Waals surface area contributed by atoms with Gasteiger partial charge in [-0.3, -0.25) is 4.79 Å². The van der Waals surface area contributed by atoms with E-state index in [2.05, 4.69) is 15.9 Å². The number of benzene rings is 1. The first kappa shape index (κ1) is 19.6. The number of nitrogens with zero attached hydrogens (tertiary/aromatic N) is 2. The molecule has 0 radical (unpaired) electrons. The topological polar surface area (TPSA) is 49.9 Å². The molecule has 25 heavy (non-hydrogen) atoms. The van der Waals surface area contributed by atoms with Crippen molar-refractivity contribution >= 4 is 27.9 Å². The molecule has 1 atom stereocenters. The molecule has 0 N–H and O–H groups in total. The maximum absolute atomic E-state index is 14.0. The van der Waals surface area contributed by atoms with Crippen LogP contribution in [-0.4, -0.2) is 53.1 Å². The number of hydrogen-bond acceptors (Lipinski definition) is 3. The number of carbonyl (C=O) groups is 2. The van der Waals surface area contributed by atoms with Crippen LogP contribution < -0.4 is 0 Å². The summed E-state index contributed by atoms with van der Waals surface area (Å²) in [6.45, 7) is 7.82. The van der Waals surface area contributed by atoms with Crippen molar-refractivity contribution in [1.29, 1.82) is 0 Å². The number of rotatable bonds is 1. The Morgan fingerprint density at radius 1 is 1.24 bits per heavy atom. The van der Waals surface area contributed by atoms with Gasteiger partial charge < -0.3 is 14.5 Å². The van der Waals surface area contributed by atoms with Crippen LogP contribution in [0.2, 0.25) is 0 Å². The van der Waals surface area contributed by atoms with Gasteiger partial charge in [-0.2, -0.15) is 0 Å². The first-order chi connectivity index (χ1) is 11.5. The van der Waals surface area contributed by atoms with Gasteiger partial charge in [0.05, 0.1) is 5.56 Å². The van der Waals surface area contributed by atoms with Crippen LogP contribution in [0.4, 0.5) is 13.6 Å². The maximum Gasteiger partial charge on any atom is 0.410 e. The largest absolute Gasteiger partial charge is 0.444 e. The lowest BCUT2D eigenvalue weighted by Crippen LogP contribution is -2.56. The van der Waals surface area contributed by atoms with Crippen molar-refractivity contribution in [3.63, 3.8) is 0 Å². The number of ether oxygens (including phenoxy) is 1. The molecule has 1 aliphatic rings. The lowest BCUT2D eigenvalue weighted by Gasteiger charge is -2.40. The summed E-state index contributed by atoms with van der Waals surface area (Å²) in [4.78, 5) is 27.7. The van der Waals surface area contributed by atoms with Crippen LogP contribution in [-0.2, 0) is 4.74 Å². The highest BCUT2D eigenvalue weighted by atomic mass is 79.9. The minimum Gasteiger partial charge on any atom is -0.444 e. The summed E-state index contributed by atoms with van der Waals surface area (Å²) in [5.74, 6) is -2.86. The molecule has 0 aliphatic carbocycles. The fourth-order valence-electron chi connectivity index (χ4n) is 2.62. The van der Waals surface area contributed by atoms with Gasteiger partial charge in [0.1, 0.15) is 5.60 Å². The van der Waals surface area contributed by atoms with E-state index in [0.717, 1.165) is 6.07 Å². The van der Waals surface area contributed by atoms with Crippen LogP contribution in [0.5, 0.6) is 0 Å². The van der Waals surface area contributed by atoms with Gasteiger partial charge in [-0.05, 0) is 39.8 Å².